The average molecular weight is 139 g/mol. The highest BCUT2D eigenvalue weighted by atomic mass is 16.1. The Kier molecular flexibility index (Phi) is 1.79. The van der Waals surface area contributed by atoms with E-state index in [1.807, 2.05) is 6.92 Å². The maximum absolute atomic E-state index is 10.9. The minimum atomic E-state index is 0.101. The molecule has 1 rings (SSSR count). The summed E-state index contributed by atoms with van der Waals surface area (Å²) in [5.41, 5.74) is 2.17. The van der Waals surface area contributed by atoms with Crippen molar-refractivity contribution < 1.29 is 4.79 Å². The van der Waals surface area contributed by atoms with Crippen molar-refractivity contribution in [2.24, 2.45) is 5.92 Å². The minimum Gasteiger partial charge on any atom is -0.349 e. The lowest BCUT2D eigenvalue weighted by Gasteiger charge is -2.04. The van der Waals surface area contributed by atoms with Crippen molar-refractivity contribution in [1.82, 2.24) is 5.32 Å². The van der Waals surface area contributed by atoms with E-state index in [1.165, 1.54) is 5.57 Å². The van der Waals surface area contributed by atoms with E-state index in [4.69, 9.17) is 0 Å². The third kappa shape index (κ3) is 1.06. The molecule has 0 bridgehead atoms. The van der Waals surface area contributed by atoms with E-state index in [0.29, 0.717) is 5.92 Å². The summed E-state index contributed by atoms with van der Waals surface area (Å²) in [4.78, 5) is 10.9. The average Bonchev–Trinajstić information content (AvgIpc) is 2.14. The van der Waals surface area contributed by atoms with E-state index in [9.17, 15) is 4.79 Å². The van der Waals surface area contributed by atoms with Gasteiger partial charge in [-0.05, 0) is 18.4 Å². The largest absolute Gasteiger partial charge is 0.349 e. The quantitative estimate of drug-likeness (QED) is 0.579. The third-order valence-corrected chi connectivity index (χ3v) is 1.96. The Balaban J connectivity index is 2.85. The van der Waals surface area contributed by atoms with Crippen LogP contribution in [0.4, 0.5) is 0 Å². The Morgan fingerprint density at radius 3 is 2.30 bits per heavy atom. The van der Waals surface area contributed by atoms with Crippen LogP contribution in [0.1, 0.15) is 20.8 Å². The Morgan fingerprint density at radius 1 is 1.50 bits per heavy atom. The molecule has 0 aromatic heterocycles. The molecule has 2 nitrogen and oxygen atoms in total. The van der Waals surface area contributed by atoms with Crippen molar-refractivity contribution in [3.8, 4) is 0 Å². The predicted octanol–water partition coefficient (Wildman–Crippen LogP) is 1.09. The van der Waals surface area contributed by atoms with Crippen LogP contribution in [0.5, 0.6) is 0 Å². The summed E-state index contributed by atoms with van der Waals surface area (Å²) < 4.78 is 0. The topological polar surface area (TPSA) is 29.1 Å². The van der Waals surface area contributed by atoms with Gasteiger partial charge in [0.25, 0.3) is 0 Å². The monoisotopic (exact) mass is 139 g/mol. The molecule has 0 unspecified atom stereocenters. The van der Waals surface area contributed by atoms with Crippen LogP contribution >= 0.6 is 0 Å². The second-order valence-corrected chi connectivity index (χ2v) is 2.99. The standard InChI is InChI=1S/C8H13NO/c1-5(2)7-4-9-8(10)6(7)3/h5H,4H2,1-3H3,(H,9,10). The predicted molar refractivity (Wildman–Crippen MR) is 40.5 cm³/mol. The van der Waals surface area contributed by atoms with Crippen LogP contribution in [-0.4, -0.2) is 12.5 Å². The number of amides is 1. The summed E-state index contributed by atoms with van der Waals surface area (Å²) in [5.74, 6) is 0.600. The van der Waals surface area contributed by atoms with Gasteiger partial charge < -0.3 is 5.32 Å². The van der Waals surface area contributed by atoms with Crippen LogP contribution in [0, 0.1) is 5.92 Å². The zero-order valence-electron chi connectivity index (χ0n) is 6.69. The van der Waals surface area contributed by atoms with Crippen molar-refractivity contribution in [1.29, 1.82) is 0 Å². The normalized spacial score (nSPS) is 18.6. The first kappa shape index (κ1) is 7.32. The number of rotatable bonds is 1. The van der Waals surface area contributed by atoms with Crippen LogP contribution in [-0.2, 0) is 4.79 Å². The van der Waals surface area contributed by atoms with Gasteiger partial charge in [0, 0.05) is 12.1 Å². The van der Waals surface area contributed by atoms with Crippen LogP contribution in [0.25, 0.3) is 0 Å². The Hall–Kier alpha value is -0.790. The molecule has 10 heavy (non-hydrogen) atoms. The maximum atomic E-state index is 10.9. The van der Waals surface area contributed by atoms with Crippen LogP contribution in [0.2, 0.25) is 0 Å². The summed E-state index contributed by atoms with van der Waals surface area (Å²) >= 11 is 0. The maximum Gasteiger partial charge on any atom is 0.247 e. The SMILES string of the molecule is CC1=C(C(C)C)CNC1=O. The van der Waals surface area contributed by atoms with Crippen LogP contribution in [0.15, 0.2) is 11.1 Å². The molecule has 1 heterocycles. The number of nitrogens with one attached hydrogen (secondary N) is 1. The molecular formula is C8H13NO. The van der Waals surface area contributed by atoms with Crippen LogP contribution < -0.4 is 5.32 Å². The number of hydrogen-bond donors (Lipinski definition) is 1. The van der Waals surface area contributed by atoms with Crippen molar-refractivity contribution in [2.75, 3.05) is 6.54 Å². The fraction of sp³-hybridized carbons (Fsp3) is 0.625. The molecule has 0 spiro atoms. The van der Waals surface area contributed by atoms with Crippen molar-refractivity contribution >= 4 is 5.91 Å². The summed E-state index contributed by atoms with van der Waals surface area (Å²) in [5, 5.41) is 2.79. The molecule has 2 heteroatoms. The van der Waals surface area contributed by atoms with Gasteiger partial charge in [0.1, 0.15) is 0 Å². The number of carbonyl (C=O) groups excluding carboxylic acids is 1. The lowest BCUT2D eigenvalue weighted by atomic mass is 10.0. The second kappa shape index (κ2) is 2.45. The van der Waals surface area contributed by atoms with Gasteiger partial charge in [0.15, 0.2) is 0 Å². The first-order chi connectivity index (χ1) is 4.63. The van der Waals surface area contributed by atoms with E-state index < -0.39 is 0 Å². The van der Waals surface area contributed by atoms with Crippen molar-refractivity contribution in [2.45, 2.75) is 20.8 Å². The Bertz CT molecular complexity index is 191. The van der Waals surface area contributed by atoms with E-state index in [-0.39, 0.29) is 5.91 Å². The van der Waals surface area contributed by atoms with Gasteiger partial charge in [0.05, 0.1) is 0 Å². The molecule has 56 valence electrons. The highest BCUT2D eigenvalue weighted by Crippen LogP contribution is 2.17. The van der Waals surface area contributed by atoms with Gasteiger partial charge in [-0.3, -0.25) is 4.79 Å². The van der Waals surface area contributed by atoms with Crippen molar-refractivity contribution in [3.05, 3.63) is 11.1 Å². The highest BCUT2D eigenvalue weighted by molar-refractivity contribution is 5.96. The molecule has 1 aliphatic rings. The number of carbonyl (C=O) groups is 1. The fourth-order valence-electron chi connectivity index (χ4n) is 1.22. The molecule has 0 fully saturated rings. The van der Waals surface area contributed by atoms with Gasteiger partial charge in [0.2, 0.25) is 5.91 Å². The van der Waals surface area contributed by atoms with Gasteiger partial charge in [-0.2, -0.15) is 0 Å². The molecule has 0 aromatic carbocycles. The smallest absolute Gasteiger partial charge is 0.247 e. The Labute approximate surface area is 61.3 Å². The molecule has 0 saturated heterocycles. The molecule has 1 amide bonds. The zero-order valence-corrected chi connectivity index (χ0v) is 6.69. The fourth-order valence-corrected chi connectivity index (χ4v) is 1.22. The number of hydrogen-bond acceptors (Lipinski definition) is 1. The summed E-state index contributed by atoms with van der Waals surface area (Å²) in [6, 6.07) is 0. The lowest BCUT2D eigenvalue weighted by molar-refractivity contribution is -0.116. The van der Waals surface area contributed by atoms with Crippen LogP contribution in [0.3, 0.4) is 0 Å². The lowest BCUT2D eigenvalue weighted by Crippen LogP contribution is -2.17. The van der Waals surface area contributed by atoms with E-state index >= 15 is 0 Å². The molecule has 0 atom stereocenters. The molecule has 1 aliphatic heterocycles. The summed E-state index contributed by atoms with van der Waals surface area (Å²) in [6.45, 7) is 6.86. The Morgan fingerprint density at radius 2 is 2.10 bits per heavy atom. The van der Waals surface area contributed by atoms with Gasteiger partial charge >= 0.3 is 0 Å². The van der Waals surface area contributed by atoms with E-state index in [0.717, 1.165) is 12.1 Å². The van der Waals surface area contributed by atoms with Gasteiger partial charge in [-0.25, -0.2) is 0 Å². The minimum absolute atomic E-state index is 0.101. The molecule has 0 aromatic rings. The summed E-state index contributed by atoms with van der Waals surface area (Å²) in [6.07, 6.45) is 0. The van der Waals surface area contributed by atoms with E-state index in [1.54, 1.807) is 0 Å². The summed E-state index contributed by atoms with van der Waals surface area (Å²) in [7, 11) is 0. The third-order valence-electron chi connectivity index (χ3n) is 1.96. The first-order valence-corrected chi connectivity index (χ1v) is 3.60. The molecular weight excluding hydrogens is 126 g/mol. The van der Waals surface area contributed by atoms with E-state index in [2.05, 4.69) is 19.2 Å². The van der Waals surface area contributed by atoms with Crippen molar-refractivity contribution in [3.63, 3.8) is 0 Å². The molecule has 0 saturated carbocycles. The molecule has 0 aliphatic carbocycles. The first-order valence-electron chi connectivity index (χ1n) is 3.60. The molecule has 0 radical (unpaired) electrons. The second-order valence-electron chi connectivity index (χ2n) is 2.99. The van der Waals surface area contributed by atoms with Gasteiger partial charge in [-0.15, -0.1) is 0 Å². The highest BCUT2D eigenvalue weighted by Gasteiger charge is 2.19. The molecule has 1 N–H and O–H groups in total. The zero-order chi connectivity index (χ0) is 7.72. The van der Waals surface area contributed by atoms with Gasteiger partial charge in [-0.1, -0.05) is 13.8 Å².